The van der Waals surface area contributed by atoms with Crippen molar-refractivity contribution in [3.63, 3.8) is 0 Å². The van der Waals surface area contributed by atoms with Crippen molar-refractivity contribution in [1.82, 2.24) is 15.3 Å². The Morgan fingerprint density at radius 3 is 2.37 bits per heavy atom. The van der Waals surface area contributed by atoms with E-state index in [1.54, 1.807) is 17.0 Å². The summed E-state index contributed by atoms with van der Waals surface area (Å²) < 4.78 is 44.4. The Morgan fingerprint density at radius 2 is 1.68 bits per heavy atom. The monoisotopic (exact) mass is 565 g/mol. The molecule has 5 aliphatic rings. The highest BCUT2D eigenvalue weighted by Crippen LogP contribution is 2.55. The molecule has 2 aromatic carbocycles. The molecule has 4 saturated carbocycles. The largest absolute Gasteiger partial charge is 0.433 e. The van der Waals surface area contributed by atoms with Crippen molar-refractivity contribution in [3.8, 4) is 11.8 Å². The van der Waals surface area contributed by atoms with Gasteiger partial charge in [0, 0.05) is 31.0 Å². The van der Waals surface area contributed by atoms with Crippen LogP contribution >= 0.6 is 0 Å². The summed E-state index contributed by atoms with van der Waals surface area (Å²) in [4.78, 5) is 24.7. The first-order valence-electron chi connectivity index (χ1n) is 14.0. The molecule has 2 atom stereocenters. The van der Waals surface area contributed by atoms with Crippen LogP contribution in [0.3, 0.4) is 0 Å². The van der Waals surface area contributed by atoms with Gasteiger partial charge in [0.25, 0.3) is 0 Å². The standard InChI is InChI=1S/C30H30F3N5O3/c31-30(32,33)25-9-10-34-27(35-25)41-22-7-5-21(6-8-22)37-11-12-38(24-4-2-1-3-23(24)37)28(39)36-26-19-13-18-14-20(26)17-29(40,15-18)16-19/h1-10,18-20,26,40H,11-17H2,(H,36,39). The lowest BCUT2D eigenvalue weighted by atomic mass is 9.52. The second kappa shape index (κ2) is 9.61. The molecule has 1 aromatic heterocycles. The highest BCUT2D eigenvalue weighted by Gasteiger charge is 2.55. The highest BCUT2D eigenvalue weighted by atomic mass is 19.4. The Bertz CT molecular complexity index is 1450. The first-order valence-corrected chi connectivity index (χ1v) is 14.0. The number of amides is 2. The van der Waals surface area contributed by atoms with Crippen molar-refractivity contribution in [3.05, 3.63) is 66.5 Å². The number of ether oxygens (including phenoxy) is 1. The summed E-state index contributed by atoms with van der Waals surface area (Å²) >= 11 is 0. The number of benzene rings is 2. The molecular formula is C30H30F3N5O3. The van der Waals surface area contributed by atoms with Gasteiger partial charge in [0.15, 0.2) is 5.69 Å². The number of urea groups is 1. The number of carbonyl (C=O) groups is 1. The average molecular weight is 566 g/mol. The minimum atomic E-state index is -4.59. The minimum Gasteiger partial charge on any atom is -0.424 e. The van der Waals surface area contributed by atoms with Crippen LogP contribution in [-0.2, 0) is 6.18 Å². The molecule has 4 bridgehead atoms. The lowest BCUT2D eigenvalue weighted by molar-refractivity contribution is -0.141. The van der Waals surface area contributed by atoms with Crippen LogP contribution in [0.5, 0.6) is 11.8 Å². The second-order valence-electron chi connectivity index (χ2n) is 11.8. The normalized spacial score (nSPS) is 28.4. The SMILES string of the molecule is O=C(NC1C2CC3CC1CC(O)(C3)C2)N1CCN(c2ccc(Oc3nccc(C(F)(F)F)n3)cc2)c2ccccc21. The summed E-state index contributed by atoms with van der Waals surface area (Å²) in [5.41, 5.74) is 0.915. The number of aromatic nitrogens is 2. The van der Waals surface area contributed by atoms with Crippen LogP contribution in [0, 0.1) is 17.8 Å². The van der Waals surface area contributed by atoms with Gasteiger partial charge in [0.2, 0.25) is 0 Å². The Hall–Kier alpha value is -3.86. The van der Waals surface area contributed by atoms with Crippen molar-refractivity contribution < 1.29 is 27.8 Å². The number of anilines is 3. The van der Waals surface area contributed by atoms with E-state index in [0.717, 1.165) is 61.4 Å². The van der Waals surface area contributed by atoms with Crippen molar-refractivity contribution in [2.45, 2.75) is 49.9 Å². The number of aliphatic hydroxyl groups is 1. The highest BCUT2D eigenvalue weighted by molar-refractivity contribution is 5.98. The van der Waals surface area contributed by atoms with E-state index in [2.05, 4.69) is 20.2 Å². The summed E-state index contributed by atoms with van der Waals surface area (Å²) in [6, 6.07) is 15.1. The molecule has 3 aromatic rings. The fourth-order valence-corrected chi connectivity index (χ4v) is 7.63. The second-order valence-corrected chi connectivity index (χ2v) is 11.8. The maximum Gasteiger partial charge on any atom is 0.433 e. The van der Waals surface area contributed by atoms with Gasteiger partial charge in [-0.1, -0.05) is 12.1 Å². The predicted octanol–water partition coefficient (Wildman–Crippen LogP) is 5.90. The first-order chi connectivity index (χ1) is 19.6. The van der Waals surface area contributed by atoms with Crippen molar-refractivity contribution in [2.24, 2.45) is 17.8 Å². The lowest BCUT2D eigenvalue weighted by Crippen LogP contribution is -2.63. The molecule has 8 nitrogen and oxygen atoms in total. The number of fused-ring (bicyclic) bond motifs is 1. The number of hydrogen-bond acceptors (Lipinski definition) is 6. The molecule has 11 heteroatoms. The van der Waals surface area contributed by atoms with Gasteiger partial charge in [0.1, 0.15) is 5.75 Å². The Morgan fingerprint density at radius 1 is 0.976 bits per heavy atom. The molecule has 1 aliphatic heterocycles. The molecule has 2 N–H and O–H groups in total. The molecular weight excluding hydrogens is 535 g/mol. The average Bonchev–Trinajstić information content (AvgIpc) is 2.94. The molecule has 41 heavy (non-hydrogen) atoms. The Kier molecular flexibility index (Phi) is 6.11. The van der Waals surface area contributed by atoms with Crippen molar-refractivity contribution in [2.75, 3.05) is 22.9 Å². The maximum absolute atomic E-state index is 13.6. The quantitative estimate of drug-likeness (QED) is 0.410. The molecule has 0 radical (unpaired) electrons. The molecule has 0 spiro atoms. The maximum atomic E-state index is 13.6. The number of para-hydroxylation sites is 2. The predicted molar refractivity (Wildman–Crippen MR) is 145 cm³/mol. The van der Waals surface area contributed by atoms with E-state index in [1.807, 2.05) is 36.4 Å². The van der Waals surface area contributed by atoms with Gasteiger partial charge < -0.3 is 20.1 Å². The summed E-state index contributed by atoms with van der Waals surface area (Å²) in [6.07, 6.45) is 1.03. The van der Waals surface area contributed by atoms with E-state index in [1.165, 1.54) is 0 Å². The van der Waals surface area contributed by atoms with Gasteiger partial charge in [0.05, 0.1) is 17.0 Å². The van der Waals surface area contributed by atoms with Crippen LogP contribution in [0.15, 0.2) is 60.8 Å². The van der Waals surface area contributed by atoms with Crippen LogP contribution in [-0.4, -0.2) is 45.8 Å². The first kappa shape index (κ1) is 26.1. The topological polar surface area (TPSA) is 90.8 Å². The summed E-state index contributed by atoms with van der Waals surface area (Å²) in [7, 11) is 0. The number of halogens is 3. The van der Waals surface area contributed by atoms with E-state index in [9.17, 15) is 23.1 Å². The lowest BCUT2D eigenvalue weighted by Gasteiger charge is -2.58. The molecule has 8 rings (SSSR count). The summed E-state index contributed by atoms with van der Waals surface area (Å²) in [5.74, 6) is 1.53. The van der Waals surface area contributed by atoms with Gasteiger partial charge in [-0.3, -0.25) is 4.90 Å². The van der Waals surface area contributed by atoms with Crippen molar-refractivity contribution >= 4 is 23.1 Å². The summed E-state index contributed by atoms with van der Waals surface area (Å²) in [5, 5.41) is 14.3. The number of nitrogens with zero attached hydrogens (tertiary/aromatic N) is 4. The molecule has 214 valence electrons. The molecule has 4 fully saturated rings. The van der Waals surface area contributed by atoms with E-state index in [-0.39, 0.29) is 18.1 Å². The number of hydrogen-bond donors (Lipinski definition) is 2. The van der Waals surface area contributed by atoms with Gasteiger partial charge >= 0.3 is 18.2 Å². The van der Waals surface area contributed by atoms with Crippen LogP contribution in [0.2, 0.25) is 0 Å². The van der Waals surface area contributed by atoms with Crippen LogP contribution < -0.4 is 19.9 Å². The molecule has 0 saturated heterocycles. The third-order valence-corrected chi connectivity index (χ3v) is 9.07. The fraction of sp³-hybridized carbons (Fsp3) is 0.433. The fourth-order valence-electron chi connectivity index (χ4n) is 7.63. The van der Waals surface area contributed by atoms with E-state index < -0.39 is 17.5 Å². The zero-order chi connectivity index (χ0) is 28.4. The van der Waals surface area contributed by atoms with Gasteiger partial charge in [-0.25, -0.2) is 9.78 Å². The van der Waals surface area contributed by atoms with Gasteiger partial charge in [-0.15, -0.1) is 0 Å². The van der Waals surface area contributed by atoms with Gasteiger partial charge in [-0.05, 0) is 92.3 Å². The number of rotatable bonds is 4. The number of nitrogens with one attached hydrogen (secondary N) is 1. The van der Waals surface area contributed by atoms with Crippen molar-refractivity contribution in [1.29, 1.82) is 0 Å². The number of carbonyl (C=O) groups excluding carboxylic acids is 1. The third-order valence-electron chi connectivity index (χ3n) is 9.07. The van der Waals surface area contributed by atoms with Gasteiger partial charge in [-0.2, -0.15) is 18.2 Å². The van der Waals surface area contributed by atoms with E-state index >= 15 is 0 Å². The third kappa shape index (κ3) is 4.86. The van der Waals surface area contributed by atoms with Crippen LogP contribution in [0.25, 0.3) is 0 Å². The van der Waals surface area contributed by atoms with Crippen LogP contribution in [0.1, 0.15) is 37.8 Å². The smallest absolute Gasteiger partial charge is 0.424 e. The molecule has 2 heterocycles. The molecule has 2 unspecified atom stereocenters. The zero-order valence-corrected chi connectivity index (χ0v) is 22.2. The Balaban J connectivity index is 1.06. The summed E-state index contributed by atoms with van der Waals surface area (Å²) in [6.45, 7) is 1.04. The zero-order valence-electron chi connectivity index (χ0n) is 22.2. The van der Waals surface area contributed by atoms with Crippen LogP contribution in [0.4, 0.5) is 35.0 Å². The number of alkyl halides is 3. The van der Waals surface area contributed by atoms with E-state index in [0.29, 0.717) is 36.6 Å². The Labute approximate surface area is 235 Å². The molecule has 4 aliphatic carbocycles. The minimum absolute atomic E-state index is 0.0952. The molecule has 2 amide bonds. The van der Waals surface area contributed by atoms with E-state index in [4.69, 9.17) is 4.74 Å².